The third-order valence-corrected chi connectivity index (χ3v) is 4.27. The van der Waals surface area contributed by atoms with Gasteiger partial charge in [-0.25, -0.2) is 4.79 Å². The van der Waals surface area contributed by atoms with Gasteiger partial charge in [0.1, 0.15) is 5.60 Å². The number of rotatable bonds is 8. The van der Waals surface area contributed by atoms with E-state index in [1.165, 1.54) is 6.08 Å². The Morgan fingerprint density at radius 3 is 2.25 bits per heavy atom. The van der Waals surface area contributed by atoms with Crippen molar-refractivity contribution in [3.8, 4) is 0 Å². The molecule has 0 aliphatic rings. The zero-order valence-electron chi connectivity index (χ0n) is 18.4. The van der Waals surface area contributed by atoms with Gasteiger partial charge in [0, 0.05) is 36.3 Å². The van der Waals surface area contributed by atoms with Crippen LogP contribution in [0, 0.1) is 0 Å². The summed E-state index contributed by atoms with van der Waals surface area (Å²) in [6.07, 6.45) is 2.74. The highest BCUT2D eigenvalue weighted by Crippen LogP contribution is 2.12. The van der Waals surface area contributed by atoms with Crippen molar-refractivity contribution in [3.05, 3.63) is 70.8 Å². The Labute approximate surface area is 193 Å². The maximum Gasteiger partial charge on any atom is 0.407 e. The molecule has 0 radical (unpaired) electrons. The van der Waals surface area contributed by atoms with E-state index >= 15 is 0 Å². The van der Waals surface area contributed by atoms with Crippen LogP contribution in [0.4, 0.5) is 10.5 Å². The molecule has 0 aliphatic heterocycles. The summed E-state index contributed by atoms with van der Waals surface area (Å²) in [7, 11) is 0. The fraction of sp³-hybridized carbons (Fsp3) is 0.292. The quantitative estimate of drug-likeness (QED) is 0.507. The minimum absolute atomic E-state index is 0.122. The van der Waals surface area contributed by atoms with E-state index < -0.39 is 11.7 Å². The van der Waals surface area contributed by atoms with Gasteiger partial charge in [0.2, 0.25) is 11.8 Å². The predicted octanol–water partition coefficient (Wildman–Crippen LogP) is 4.52. The monoisotopic (exact) mass is 457 g/mol. The molecule has 170 valence electrons. The van der Waals surface area contributed by atoms with Crippen molar-refractivity contribution in [1.29, 1.82) is 0 Å². The van der Waals surface area contributed by atoms with Gasteiger partial charge in [-0.05, 0) is 62.2 Å². The van der Waals surface area contributed by atoms with Gasteiger partial charge in [0.05, 0.1) is 0 Å². The number of alkyl carbamates (subject to hydrolysis) is 1. The number of anilines is 1. The molecule has 2 aromatic rings. The van der Waals surface area contributed by atoms with Gasteiger partial charge in [-0.2, -0.15) is 0 Å². The number of carbonyl (C=O) groups is 3. The van der Waals surface area contributed by atoms with Crippen LogP contribution in [0.1, 0.15) is 38.3 Å². The summed E-state index contributed by atoms with van der Waals surface area (Å²) in [5.41, 5.74) is 1.82. The summed E-state index contributed by atoms with van der Waals surface area (Å²) in [4.78, 5) is 35.6. The highest BCUT2D eigenvalue weighted by molar-refractivity contribution is 6.30. The summed E-state index contributed by atoms with van der Waals surface area (Å²) in [5.74, 6) is -0.440. The fourth-order valence-corrected chi connectivity index (χ4v) is 2.64. The van der Waals surface area contributed by atoms with Crippen LogP contribution in [0.3, 0.4) is 0 Å². The Morgan fingerprint density at radius 1 is 0.969 bits per heavy atom. The van der Waals surface area contributed by atoms with Crippen LogP contribution in [-0.4, -0.2) is 30.1 Å². The average Bonchev–Trinajstić information content (AvgIpc) is 2.71. The summed E-state index contributed by atoms with van der Waals surface area (Å²) < 4.78 is 5.11. The van der Waals surface area contributed by atoms with Crippen molar-refractivity contribution in [1.82, 2.24) is 10.6 Å². The first-order valence-corrected chi connectivity index (χ1v) is 10.6. The number of halogens is 1. The minimum Gasteiger partial charge on any atom is -0.444 e. The molecule has 2 rings (SSSR count). The minimum atomic E-state index is -0.583. The van der Waals surface area contributed by atoms with Crippen LogP contribution in [0.25, 0.3) is 6.08 Å². The van der Waals surface area contributed by atoms with Gasteiger partial charge in [-0.15, -0.1) is 0 Å². The first-order chi connectivity index (χ1) is 15.1. The van der Waals surface area contributed by atoms with Crippen LogP contribution in [0.15, 0.2) is 54.6 Å². The van der Waals surface area contributed by atoms with Gasteiger partial charge in [0.25, 0.3) is 0 Å². The molecule has 0 spiro atoms. The van der Waals surface area contributed by atoms with E-state index in [0.29, 0.717) is 17.3 Å². The largest absolute Gasteiger partial charge is 0.444 e. The lowest BCUT2D eigenvalue weighted by Gasteiger charge is -2.19. The summed E-state index contributed by atoms with van der Waals surface area (Å²) >= 11 is 5.84. The van der Waals surface area contributed by atoms with E-state index in [9.17, 15) is 14.4 Å². The Bertz CT molecular complexity index is 949. The van der Waals surface area contributed by atoms with Gasteiger partial charge >= 0.3 is 6.09 Å². The normalized spacial score (nSPS) is 11.1. The van der Waals surface area contributed by atoms with E-state index in [1.807, 2.05) is 24.3 Å². The second-order valence-electron chi connectivity index (χ2n) is 8.03. The van der Waals surface area contributed by atoms with E-state index in [1.54, 1.807) is 51.1 Å². The highest BCUT2D eigenvalue weighted by Gasteiger charge is 2.15. The van der Waals surface area contributed by atoms with Crippen molar-refractivity contribution in [2.75, 3.05) is 11.9 Å². The first kappa shape index (κ1) is 24.9. The summed E-state index contributed by atoms with van der Waals surface area (Å²) in [6.45, 7) is 5.84. The predicted molar refractivity (Wildman–Crippen MR) is 126 cm³/mol. The zero-order valence-corrected chi connectivity index (χ0v) is 19.2. The second-order valence-corrected chi connectivity index (χ2v) is 8.46. The number of nitrogens with one attached hydrogen (secondary N) is 3. The van der Waals surface area contributed by atoms with Crippen molar-refractivity contribution in [2.45, 2.75) is 39.3 Å². The summed E-state index contributed by atoms with van der Waals surface area (Å²) in [5, 5.41) is 8.75. The SMILES string of the molecule is CC(C)(C)OC(=O)NCCC(=O)Nc1ccc(CNC(=O)/C=C/c2ccc(Cl)cc2)cc1. The molecule has 3 N–H and O–H groups in total. The van der Waals surface area contributed by atoms with Crippen molar-refractivity contribution >= 4 is 41.3 Å². The first-order valence-electron chi connectivity index (χ1n) is 10.2. The number of carbonyl (C=O) groups excluding carboxylic acids is 3. The molecular weight excluding hydrogens is 430 g/mol. The van der Waals surface area contributed by atoms with Crippen LogP contribution in [0.2, 0.25) is 5.02 Å². The molecule has 3 amide bonds. The number of benzene rings is 2. The third kappa shape index (κ3) is 10.1. The second kappa shape index (κ2) is 11.9. The maximum absolute atomic E-state index is 12.0. The number of hydrogen-bond donors (Lipinski definition) is 3. The zero-order chi connectivity index (χ0) is 23.6. The molecular formula is C24H28ClN3O4. The van der Waals surface area contributed by atoms with Crippen LogP contribution < -0.4 is 16.0 Å². The smallest absolute Gasteiger partial charge is 0.407 e. The molecule has 0 saturated carbocycles. The van der Waals surface area contributed by atoms with E-state index in [-0.39, 0.29) is 24.8 Å². The van der Waals surface area contributed by atoms with E-state index in [0.717, 1.165) is 11.1 Å². The molecule has 32 heavy (non-hydrogen) atoms. The van der Waals surface area contributed by atoms with Gasteiger partial charge in [-0.1, -0.05) is 35.9 Å². The standard InChI is InChI=1S/C24H28ClN3O4/c1-24(2,3)32-23(31)26-15-14-22(30)28-20-11-6-18(7-12-20)16-27-21(29)13-8-17-4-9-19(25)10-5-17/h4-13H,14-16H2,1-3H3,(H,26,31)(H,27,29)(H,28,30)/b13-8+. The molecule has 0 aromatic heterocycles. The fourth-order valence-electron chi connectivity index (χ4n) is 2.52. The lowest BCUT2D eigenvalue weighted by atomic mass is 10.2. The third-order valence-electron chi connectivity index (χ3n) is 4.02. The Hall–Kier alpha value is -3.32. The lowest BCUT2D eigenvalue weighted by molar-refractivity contribution is -0.117. The Kier molecular flexibility index (Phi) is 9.28. The van der Waals surface area contributed by atoms with Crippen molar-refractivity contribution < 1.29 is 19.1 Å². The van der Waals surface area contributed by atoms with E-state index in [4.69, 9.17) is 16.3 Å². The molecule has 0 unspecified atom stereocenters. The van der Waals surface area contributed by atoms with Crippen molar-refractivity contribution in [2.24, 2.45) is 0 Å². The number of hydrogen-bond acceptors (Lipinski definition) is 4. The molecule has 0 saturated heterocycles. The van der Waals surface area contributed by atoms with Crippen LogP contribution in [-0.2, 0) is 20.9 Å². The van der Waals surface area contributed by atoms with E-state index in [2.05, 4.69) is 16.0 Å². The molecule has 0 heterocycles. The molecule has 0 aliphatic carbocycles. The summed E-state index contributed by atoms with van der Waals surface area (Å²) in [6, 6.07) is 14.3. The molecule has 2 aromatic carbocycles. The van der Waals surface area contributed by atoms with Crippen LogP contribution >= 0.6 is 11.6 Å². The molecule has 8 heteroatoms. The lowest BCUT2D eigenvalue weighted by Crippen LogP contribution is -2.34. The average molecular weight is 458 g/mol. The van der Waals surface area contributed by atoms with Crippen LogP contribution in [0.5, 0.6) is 0 Å². The maximum atomic E-state index is 12.0. The molecule has 0 bridgehead atoms. The molecule has 0 atom stereocenters. The topological polar surface area (TPSA) is 96.5 Å². The highest BCUT2D eigenvalue weighted by atomic mass is 35.5. The Balaban J connectivity index is 1.71. The van der Waals surface area contributed by atoms with Gasteiger partial charge < -0.3 is 20.7 Å². The van der Waals surface area contributed by atoms with Gasteiger partial charge in [0.15, 0.2) is 0 Å². The van der Waals surface area contributed by atoms with Gasteiger partial charge in [-0.3, -0.25) is 9.59 Å². The molecule has 0 fully saturated rings. The number of ether oxygens (including phenoxy) is 1. The Morgan fingerprint density at radius 2 is 1.62 bits per heavy atom. The molecule has 7 nitrogen and oxygen atoms in total. The van der Waals surface area contributed by atoms with Crippen molar-refractivity contribution in [3.63, 3.8) is 0 Å². The number of amides is 3.